The van der Waals surface area contributed by atoms with Gasteiger partial charge in [0.15, 0.2) is 0 Å². The van der Waals surface area contributed by atoms with Crippen LogP contribution in [0, 0.1) is 13.8 Å². The standard InChI is InChI=1S/C33H40BrN3O4S/c1-24-12-10-11-15-27(24)22-36(32(38)23-37(42(3,40)41)29-18-19-30(34)25(2)20-29)31(21-26-13-6-4-7-14-26)33(39)35-28-16-8-5-9-17-28/h4,6-7,10-15,18-20,28,31H,5,8-9,16-17,21-23H2,1-3H3,(H,35,39)/t31-/m0/s1. The maximum absolute atomic E-state index is 14.3. The number of sulfonamides is 1. The van der Waals surface area contributed by atoms with Crippen molar-refractivity contribution in [1.29, 1.82) is 0 Å². The van der Waals surface area contributed by atoms with Crippen molar-refractivity contribution in [2.45, 2.75) is 71.0 Å². The van der Waals surface area contributed by atoms with Crippen LogP contribution < -0.4 is 9.62 Å². The number of anilines is 1. The van der Waals surface area contributed by atoms with E-state index < -0.39 is 28.5 Å². The molecule has 9 heteroatoms. The van der Waals surface area contributed by atoms with Crippen LogP contribution in [0.15, 0.2) is 77.3 Å². The number of nitrogens with zero attached hydrogens (tertiary/aromatic N) is 2. The summed E-state index contributed by atoms with van der Waals surface area (Å²) in [5.41, 5.74) is 4.06. The quantitative estimate of drug-likeness (QED) is 0.278. The van der Waals surface area contributed by atoms with Crippen LogP contribution in [-0.2, 0) is 32.6 Å². The lowest BCUT2D eigenvalue weighted by Crippen LogP contribution is -2.55. The molecule has 1 aliphatic carbocycles. The molecule has 0 saturated heterocycles. The minimum atomic E-state index is -3.81. The van der Waals surface area contributed by atoms with Gasteiger partial charge in [0.05, 0.1) is 11.9 Å². The van der Waals surface area contributed by atoms with Crippen molar-refractivity contribution in [3.63, 3.8) is 0 Å². The van der Waals surface area contributed by atoms with Crippen LogP contribution >= 0.6 is 15.9 Å². The summed E-state index contributed by atoms with van der Waals surface area (Å²) in [4.78, 5) is 29.9. The lowest BCUT2D eigenvalue weighted by molar-refractivity contribution is -0.140. The summed E-state index contributed by atoms with van der Waals surface area (Å²) in [6.07, 6.45) is 6.54. The number of benzene rings is 3. The Kier molecular flexibility index (Phi) is 10.8. The third kappa shape index (κ3) is 8.44. The van der Waals surface area contributed by atoms with Crippen molar-refractivity contribution in [2.24, 2.45) is 0 Å². The topological polar surface area (TPSA) is 86.8 Å². The van der Waals surface area contributed by atoms with Gasteiger partial charge in [0.25, 0.3) is 0 Å². The molecule has 224 valence electrons. The highest BCUT2D eigenvalue weighted by atomic mass is 79.9. The first kappa shape index (κ1) is 31.8. The zero-order chi connectivity index (χ0) is 30.3. The summed E-state index contributed by atoms with van der Waals surface area (Å²) in [7, 11) is -3.81. The number of carbonyl (C=O) groups excluding carboxylic acids is 2. The molecule has 0 aromatic heterocycles. The number of rotatable bonds is 11. The Labute approximate surface area is 258 Å². The van der Waals surface area contributed by atoms with Crippen LogP contribution in [0.5, 0.6) is 0 Å². The molecule has 2 amide bonds. The van der Waals surface area contributed by atoms with Gasteiger partial charge in [-0.2, -0.15) is 0 Å². The molecule has 0 bridgehead atoms. The van der Waals surface area contributed by atoms with E-state index in [1.165, 1.54) is 0 Å². The Morgan fingerprint density at radius 2 is 1.60 bits per heavy atom. The van der Waals surface area contributed by atoms with Crippen LogP contribution in [0.25, 0.3) is 0 Å². The summed E-state index contributed by atoms with van der Waals surface area (Å²) < 4.78 is 28.0. The smallest absolute Gasteiger partial charge is 0.244 e. The van der Waals surface area contributed by atoms with Gasteiger partial charge < -0.3 is 10.2 Å². The zero-order valence-corrected chi connectivity index (χ0v) is 27.0. The van der Waals surface area contributed by atoms with Crippen molar-refractivity contribution in [2.75, 3.05) is 17.1 Å². The molecule has 3 aromatic rings. The largest absolute Gasteiger partial charge is 0.352 e. The van der Waals surface area contributed by atoms with E-state index in [9.17, 15) is 18.0 Å². The number of carbonyl (C=O) groups is 2. The highest BCUT2D eigenvalue weighted by molar-refractivity contribution is 9.10. The van der Waals surface area contributed by atoms with E-state index >= 15 is 0 Å². The first-order valence-corrected chi connectivity index (χ1v) is 17.1. The first-order valence-electron chi connectivity index (χ1n) is 14.4. The maximum atomic E-state index is 14.3. The summed E-state index contributed by atoms with van der Waals surface area (Å²) in [6, 6.07) is 21.8. The number of aryl methyl sites for hydroxylation is 2. The van der Waals surface area contributed by atoms with Crippen LogP contribution in [-0.4, -0.2) is 50.0 Å². The average molecular weight is 655 g/mol. The Hall–Kier alpha value is -3.17. The third-order valence-corrected chi connectivity index (χ3v) is 9.96. The molecule has 42 heavy (non-hydrogen) atoms. The second kappa shape index (κ2) is 14.3. The molecular weight excluding hydrogens is 614 g/mol. The van der Waals surface area contributed by atoms with Gasteiger partial charge in [-0.3, -0.25) is 13.9 Å². The molecule has 1 atom stereocenters. The zero-order valence-electron chi connectivity index (χ0n) is 24.6. The molecule has 7 nitrogen and oxygen atoms in total. The summed E-state index contributed by atoms with van der Waals surface area (Å²) in [6.45, 7) is 3.59. The fourth-order valence-corrected chi connectivity index (χ4v) is 6.56. The molecule has 0 radical (unpaired) electrons. The molecule has 4 rings (SSSR count). The van der Waals surface area contributed by atoms with Gasteiger partial charge >= 0.3 is 0 Å². The second-order valence-electron chi connectivity index (χ2n) is 11.2. The molecule has 0 unspecified atom stereocenters. The minimum Gasteiger partial charge on any atom is -0.352 e. The van der Waals surface area contributed by atoms with Crippen molar-refractivity contribution in [3.05, 3.63) is 99.5 Å². The number of halogens is 1. The summed E-state index contributed by atoms with van der Waals surface area (Å²) in [5, 5.41) is 3.23. The molecule has 1 N–H and O–H groups in total. The van der Waals surface area contributed by atoms with Gasteiger partial charge in [-0.15, -0.1) is 0 Å². The van der Waals surface area contributed by atoms with Crippen molar-refractivity contribution in [1.82, 2.24) is 10.2 Å². The maximum Gasteiger partial charge on any atom is 0.244 e. The molecule has 0 heterocycles. The highest BCUT2D eigenvalue weighted by Gasteiger charge is 2.34. The first-order chi connectivity index (χ1) is 20.0. The summed E-state index contributed by atoms with van der Waals surface area (Å²) >= 11 is 3.47. The highest BCUT2D eigenvalue weighted by Crippen LogP contribution is 2.26. The Morgan fingerprint density at radius 3 is 2.24 bits per heavy atom. The van der Waals surface area contributed by atoms with E-state index in [1.54, 1.807) is 23.1 Å². The molecular formula is C33H40BrN3O4S. The van der Waals surface area contributed by atoms with Crippen molar-refractivity contribution < 1.29 is 18.0 Å². The van der Waals surface area contributed by atoms with Crippen LogP contribution in [0.2, 0.25) is 0 Å². The average Bonchev–Trinajstić information content (AvgIpc) is 2.96. The van der Waals surface area contributed by atoms with Gasteiger partial charge in [0.2, 0.25) is 21.8 Å². The minimum absolute atomic E-state index is 0.0678. The lowest BCUT2D eigenvalue weighted by Gasteiger charge is -2.35. The van der Waals surface area contributed by atoms with Gasteiger partial charge in [0.1, 0.15) is 12.6 Å². The van der Waals surface area contributed by atoms with E-state index in [4.69, 9.17) is 0 Å². The molecule has 0 aliphatic heterocycles. The Balaban J connectivity index is 1.74. The Bertz CT molecular complexity index is 1490. The molecule has 0 spiro atoms. The fraction of sp³-hybridized carbons (Fsp3) is 0.394. The van der Waals surface area contributed by atoms with Gasteiger partial charge in [-0.25, -0.2) is 8.42 Å². The van der Waals surface area contributed by atoms with Crippen molar-refractivity contribution >= 4 is 43.5 Å². The monoisotopic (exact) mass is 653 g/mol. The number of hydrogen-bond acceptors (Lipinski definition) is 4. The van der Waals surface area contributed by atoms with E-state index in [1.807, 2.05) is 68.4 Å². The van der Waals surface area contributed by atoms with E-state index in [2.05, 4.69) is 21.2 Å². The SMILES string of the molecule is Cc1cc(N(CC(=O)N(Cc2ccccc2C)[C@@H](Cc2ccccc2)C(=O)NC2CCCCC2)S(C)(=O)=O)ccc1Br. The third-order valence-electron chi connectivity index (χ3n) is 7.93. The van der Waals surface area contributed by atoms with Crippen LogP contribution in [0.1, 0.15) is 54.4 Å². The molecule has 1 saturated carbocycles. The number of nitrogens with one attached hydrogen (secondary N) is 1. The molecule has 3 aromatic carbocycles. The predicted molar refractivity (Wildman–Crippen MR) is 172 cm³/mol. The van der Waals surface area contributed by atoms with Gasteiger partial charge in [-0.05, 0) is 67.1 Å². The second-order valence-corrected chi connectivity index (χ2v) is 14.0. The van der Waals surface area contributed by atoms with Gasteiger partial charge in [-0.1, -0.05) is 89.8 Å². The van der Waals surface area contributed by atoms with Crippen LogP contribution in [0.3, 0.4) is 0 Å². The fourth-order valence-electron chi connectivity index (χ4n) is 5.47. The molecule has 1 fully saturated rings. The van der Waals surface area contributed by atoms with Crippen molar-refractivity contribution in [3.8, 4) is 0 Å². The number of amides is 2. The van der Waals surface area contributed by atoms with Crippen LogP contribution in [0.4, 0.5) is 5.69 Å². The lowest BCUT2D eigenvalue weighted by atomic mass is 9.94. The van der Waals surface area contributed by atoms with E-state index in [0.717, 1.165) is 69.4 Å². The van der Waals surface area contributed by atoms with E-state index in [-0.39, 0.29) is 18.5 Å². The molecule has 1 aliphatic rings. The summed E-state index contributed by atoms with van der Waals surface area (Å²) in [5.74, 6) is -0.651. The number of hydrogen-bond donors (Lipinski definition) is 1. The predicted octanol–water partition coefficient (Wildman–Crippen LogP) is 5.92. The van der Waals surface area contributed by atoms with E-state index in [0.29, 0.717) is 12.1 Å². The Morgan fingerprint density at radius 1 is 0.929 bits per heavy atom. The normalized spacial score (nSPS) is 14.7. The van der Waals surface area contributed by atoms with Gasteiger partial charge in [0, 0.05) is 23.5 Å².